The van der Waals surface area contributed by atoms with Gasteiger partial charge in [0.2, 0.25) is 0 Å². The lowest BCUT2D eigenvalue weighted by Gasteiger charge is -2.08. The van der Waals surface area contributed by atoms with Crippen LogP contribution in [0.3, 0.4) is 0 Å². The zero-order chi connectivity index (χ0) is 34.3. The topological polar surface area (TPSA) is 51.8 Å². The summed E-state index contributed by atoms with van der Waals surface area (Å²) in [6, 6.07) is 30.9. The van der Waals surface area contributed by atoms with Gasteiger partial charge in [-0.15, -0.1) is 11.3 Å². The third-order valence-corrected chi connectivity index (χ3v) is 8.77. The van der Waals surface area contributed by atoms with Gasteiger partial charge in [0.25, 0.3) is 0 Å². The molecule has 0 N–H and O–H groups in total. The van der Waals surface area contributed by atoms with E-state index in [9.17, 15) is 4.11 Å². The number of para-hydroxylation sites is 1. The Morgan fingerprint density at radius 2 is 1.18 bits per heavy atom. The molecule has 0 unspecified atom stereocenters. The third-order valence-electron chi connectivity index (χ3n) is 7.65. The first-order valence-electron chi connectivity index (χ1n) is 17.0. The van der Waals surface area contributed by atoms with E-state index in [0.29, 0.717) is 37.8 Å². The molecule has 3 aromatic heterocycles. The Hall–Kier alpha value is -5.65. The van der Waals surface area contributed by atoms with Crippen LogP contribution in [0.25, 0.3) is 87.4 Å². The molecule has 44 heavy (non-hydrogen) atoms. The van der Waals surface area contributed by atoms with Gasteiger partial charge in [0.05, 0.1) is 8.22 Å². The van der Waals surface area contributed by atoms with Crippen LogP contribution in [-0.4, -0.2) is 15.0 Å². The molecule has 0 fully saturated rings. The molecule has 0 bridgehead atoms. The molecule has 206 valence electrons. The molecule has 0 amide bonds. The van der Waals surface area contributed by atoms with E-state index >= 15 is 0 Å². The van der Waals surface area contributed by atoms with Crippen molar-refractivity contribution in [2.24, 2.45) is 0 Å². The fourth-order valence-electron chi connectivity index (χ4n) is 5.53. The Kier molecular flexibility index (Phi) is 4.42. The van der Waals surface area contributed by atoms with E-state index in [1.807, 2.05) is 103 Å². The first-order chi connectivity index (χ1) is 24.3. The normalized spacial score (nSPS) is 13.5. The van der Waals surface area contributed by atoms with Gasteiger partial charge in [-0.1, -0.05) is 115 Å². The van der Waals surface area contributed by atoms with Crippen molar-refractivity contribution in [2.75, 3.05) is 0 Å². The molecule has 0 aliphatic carbocycles. The van der Waals surface area contributed by atoms with Crippen LogP contribution < -0.4 is 0 Å². The Morgan fingerprint density at radius 3 is 1.93 bits per heavy atom. The molecule has 4 nitrogen and oxygen atoms in total. The number of rotatable bonds is 4. The highest BCUT2D eigenvalue weighted by atomic mass is 32.1. The highest BCUT2D eigenvalue weighted by molar-refractivity contribution is 7.26. The van der Waals surface area contributed by atoms with E-state index < -0.39 is 0 Å². The Balaban J connectivity index is 1.33. The number of hydrogen-bond donors (Lipinski definition) is 0. The molecule has 0 aliphatic heterocycles. The van der Waals surface area contributed by atoms with E-state index in [1.165, 1.54) is 11.3 Å². The number of fused-ring (bicyclic) bond motifs is 6. The summed E-state index contributed by atoms with van der Waals surface area (Å²) in [6.45, 7) is 0. The van der Waals surface area contributed by atoms with Gasteiger partial charge in [-0.05, 0) is 35.4 Å². The lowest BCUT2D eigenvalue weighted by atomic mass is 10.0. The van der Waals surface area contributed by atoms with E-state index in [4.69, 9.17) is 23.5 Å². The van der Waals surface area contributed by atoms with Gasteiger partial charge in [-0.2, -0.15) is 0 Å². The van der Waals surface area contributed by atoms with Crippen molar-refractivity contribution < 1.29 is 12.6 Å². The van der Waals surface area contributed by atoms with Crippen LogP contribution in [0.5, 0.6) is 0 Å². The van der Waals surface area contributed by atoms with Crippen LogP contribution in [0.15, 0.2) is 144 Å². The molecule has 0 saturated heterocycles. The van der Waals surface area contributed by atoms with E-state index in [1.54, 1.807) is 0 Å². The van der Waals surface area contributed by atoms with Crippen LogP contribution in [0.1, 0.15) is 8.22 Å². The number of furan rings is 1. The average Bonchev–Trinajstić information content (AvgIpc) is 3.73. The fourth-order valence-corrected chi connectivity index (χ4v) is 6.67. The van der Waals surface area contributed by atoms with E-state index in [0.717, 1.165) is 27.5 Å². The second kappa shape index (κ2) is 9.97. The summed E-state index contributed by atoms with van der Waals surface area (Å²) in [7, 11) is 0. The summed E-state index contributed by atoms with van der Waals surface area (Å²) in [6.07, 6.45) is 0. The molecule has 3 heterocycles. The molecule has 0 saturated carbocycles. The van der Waals surface area contributed by atoms with E-state index in [-0.39, 0.29) is 58.4 Å². The lowest BCUT2D eigenvalue weighted by molar-refractivity contribution is 0.669. The maximum Gasteiger partial charge on any atom is 0.164 e. The largest absolute Gasteiger partial charge is 0.456 e. The predicted molar refractivity (Wildman–Crippen MR) is 182 cm³/mol. The number of hydrogen-bond acceptors (Lipinski definition) is 5. The summed E-state index contributed by atoms with van der Waals surface area (Å²) in [5, 5.41) is 2.28. The minimum atomic E-state index is -0.289. The standard InChI is InChI=1S/C39H23N3OS/c1-3-10-24(11-4-1)37-40-38(25-12-5-2-6-13-25)42-39(41-37)27-18-20-30-31-16-9-15-28(36(31)44-35(30)23-27)26-19-21-34-32(22-26)29-14-7-8-17-33(29)43-34/h1-23H/i9D,15D,16D,18D,20D,23D. The zero-order valence-electron chi connectivity index (χ0n) is 29.0. The van der Waals surface area contributed by atoms with Crippen molar-refractivity contribution in [3.05, 3.63) is 139 Å². The number of thiophene rings is 1. The Morgan fingerprint density at radius 1 is 0.523 bits per heavy atom. The molecule has 0 aliphatic rings. The predicted octanol–water partition coefficient (Wildman–Crippen LogP) is 10.8. The van der Waals surface area contributed by atoms with Crippen molar-refractivity contribution in [3.63, 3.8) is 0 Å². The Bertz CT molecular complexity index is 2780. The van der Waals surface area contributed by atoms with Gasteiger partial charge in [-0.3, -0.25) is 0 Å². The average molecular weight is 588 g/mol. The molecule has 0 spiro atoms. The lowest BCUT2D eigenvalue weighted by Crippen LogP contribution is -1.99. The maximum atomic E-state index is 9.47. The molecular weight excluding hydrogens is 559 g/mol. The SMILES string of the molecule is [2H]c1c([2H])c([2H])c2c(sc3c([2H])c(-c4nc(-c5ccccc5)nc(-c5ccccc5)n4)c([2H])c([2H])c32)c1-c1ccc2oc3ccccc3c2c1. The van der Waals surface area contributed by atoms with Crippen LogP contribution >= 0.6 is 11.3 Å². The summed E-state index contributed by atoms with van der Waals surface area (Å²) in [5.41, 5.74) is 4.04. The summed E-state index contributed by atoms with van der Waals surface area (Å²) in [4.78, 5) is 14.2. The van der Waals surface area contributed by atoms with Crippen molar-refractivity contribution >= 4 is 53.4 Å². The zero-order valence-corrected chi connectivity index (χ0v) is 23.8. The molecule has 9 rings (SSSR count). The van der Waals surface area contributed by atoms with Crippen LogP contribution in [-0.2, 0) is 0 Å². The first-order valence-corrected chi connectivity index (χ1v) is 14.9. The molecule has 5 heteroatoms. The second-order valence-corrected chi connectivity index (χ2v) is 11.4. The summed E-state index contributed by atoms with van der Waals surface area (Å²) in [5.74, 6) is 0.824. The van der Waals surface area contributed by atoms with Crippen molar-refractivity contribution in [3.8, 4) is 45.3 Å². The minimum absolute atomic E-state index is 0.0638. The molecule has 6 aromatic carbocycles. The van der Waals surface area contributed by atoms with Crippen molar-refractivity contribution in [2.45, 2.75) is 0 Å². The van der Waals surface area contributed by atoms with E-state index in [2.05, 4.69) is 0 Å². The van der Waals surface area contributed by atoms with Crippen LogP contribution in [0.4, 0.5) is 0 Å². The van der Waals surface area contributed by atoms with Crippen molar-refractivity contribution in [1.82, 2.24) is 15.0 Å². The number of aromatic nitrogens is 3. The van der Waals surface area contributed by atoms with Gasteiger partial charge in [0, 0.05) is 47.6 Å². The van der Waals surface area contributed by atoms with Crippen LogP contribution in [0, 0.1) is 0 Å². The van der Waals surface area contributed by atoms with Gasteiger partial charge < -0.3 is 4.42 Å². The van der Waals surface area contributed by atoms with Crippen molar-refractivity contribution in [1.29, 1.82) is 0 Å². The number of nitrogens with zero attached hydrogens (tertiary/aromatic N) is 3. The molecule has 0 atom stereocenters. The quantitative estimate of drug-likeness (QED) is 0.205. The third kappa shape index (κ3) is 4.09. The second-order valence-electron chi connectivity index (χ2n) is 10.4. The van der Waals surface area contributed by atoms with Crippen LogP contribution in [0.2, 0.25) is 0 Å². The number of benzene rings is 6. The van der Waals surface area contributed by atoms with Gasteiger partial charge in [-0.25, -0.2) is 15.0 Å². The Labute approximate surface area is 265 Å². The maximum absolute atomic E-state index is 9.47. The fraction of sp³-hybridized carbons (Fsp3) is 0. The minimum Gasteiger partial charge on any atom is -0.456 e. The molecular formula is C39H23N3OS. The van der Waals surface area contributed by atoms with Gasteiger partial charge >= 0.3 is 0 Å². The first kappa shape index (κ1) is 19.5. The highest BCUT2D eigenvalue weighted by Crippen LogP contribution is 2.42. The summed E-state index contributed by atoms with van der Waals surface area (Å²) < 4.78 is 61.5. The highest BCUT2D eigenvalue weighted by Gasteiger charge is 2.16. The monoisotopic (exact) mass is 587 g/mol. The molecule has 0 radical (unpaired) electrons. The smallest absolute Gasteiger partial charge is 0.164 e. The van der Waals surface area contributed by atoms with Gasteiger partial charge in [0.15, 0.2) is 17.5 Å². The van der Waals surface area contributed by atoms with Gasteiger partial charge in [0.1, 0.15) is 11.2 Å². The summed E-state index contributed by atoms with van der Waals surface area (Å²) >= 11 is 1.18. The molecule has 9 aromatic rings.